The van der Waals surface area contributed by atoms with Gasteiger partial charge in [0.1, 0.15) is 5.69 Å². The number of rotatable bonds is 1. The largest absolute Gasteiger partial charge is 0.158 e. The van der Waals surface area contributed by atoms with Gasteiger partial charge >= 0.3 is 0 Å². The fraction of sp³-hybridized carbons (Fsp3) is 0.263. The molecule has 1 aromatic heterocycles. The third kappa shape index (κ3) is 2.66. The van der Waals surface area contributed by atoms with Crippen molar-refractivity contribution in [2.75, 3.05) is 0 Å². The van der Waals surface area contributed by atoms with Crippen LogP contribution in [-0.2, 0) is 5.41 Å². The lowest BCUT2D eigenvalue weighted by Gasteiger charge is -2.21. The first-order chi connectivity index (χ1) is 9.95. The van der Waals surface area contributed by atoms with Crippen LogP contribution in [0.3, 0.4) is 0 Å². The number of nitrogens with zero attached hydrogens (tertiary/aromatic N) is 2. The zero-order valence-electron chi connectivity index (χ0n) is 13.0. The first-order valence-electron chi connectivity index (χ1n) is 7.28. The van der Waals surface area contributed by atoms with E-state index in [1.54, 1.807) is 0 Å². The molecule has 0 aliphatic carbocycles. The average Bonchev–Trinajstić information content (AvgIpc) is 2.45. The molecule has 0 saturated heterocycles. The molecule has 0 atom stereocenters. The summed E-state index contributed by atoms with van der Waals surface area (Å²) in [5.41, 5.74) is 4.81. The van der Waals surface area contributed by atoms with E-state index in [1.165, 1.54) is 11.1 Å². The number of aryl methyl sites for hydroxylation is 1. The van der Waals surface area contributed by atoms with Gasteiger partial charge in [-0.2, -0.15) is 5.10 Å². The zero-order chi connectivity index (χ0) is 15.0. The zero-order valence-corrected chi connectivity index (χ0v) is 13.0. The lowest BCUT2D eigenvalue weighted by molar-refractivity contribution is 0.590. The summed E-state index contributed by atoms with van der Waals surface area (Å²) in [5.74, 6) is 0. The summed E-state index contributed by atoms with van der Waals surface area (Å²) in [6.07, 6.45) is 1.82. The number of benzene rings is 2. The van der Waals surface area contributed by atoms with Gasteiger partial charge in [0.25, 0.3) is 0 Å². The number of hydrogen-bond acceptors (Lipinski definition) is 2. The highest BCUT2D eigenvalue weighted by molar-refractivity contribution is 5.93. The standard InChI is InChI=1S/C19H20N2/c1-13-9-15(11-16(10-13)19(2,3)4)18-17-8-6-5-7-14(17)12-20-21-18/h5-12H,1-4H3. The molecule has 3 aromatic rings. The van der Waals surface area contributed by atoms with Crippen molar-refractivity contribution in [1.82, 2.24) is 10.2 Å². The summed E-state index contributed by atoms with van der Waals surface area (Å²) in [4.78, 5) is 0. The summed E-state index contributed by atoms with van der Waals surface area (Å²) in [7, 11) is 0. The van der Waals surface area contributed by atoms with Gasteiger partial charge < -0.3 is 0 Å². The molecule has 0 unspecified atom stereocenters. The molecule has 3 rings (SSSR count). The average molecular weight is 276 g/mol. The van der Waals surface area contributed by atoms with Crippen LogP contribution in [0, 0.1) is 6.92 Å². The smallest absolute Gasteiger partial charge is 0.101 e. The molecule has 0 amide bonds. The maximum atomic E-state index is 4.39. The molecule has 0 saturated carbocycles. The Bertz CT molecular complexity index is 793. The van der Waals surface area contributed by atoms with Crippen LogP contribution in [0.1, 0.15) is 31.9 Å². The maximum Gasteiger partial charge on any atom is 0.101 e. The third-order valence-corrected chi connectivity index (χ3v) is 3.79. The molecule has 0 aliphatic rings. The third-order valence-electron chi connectivity index (χ3n) is 3.79. The van der Waals surface area contributed by atoms with Gasteiger partial charge in [-0.05, 0) is 30.0 Å². The highest BCUT2D eigenvalue weighted by atomic mass is 15.1. The minimum absolute atomic E-state index is 0.124. The molecule has 0 spiro atoms. The quantitative estimate of drug-likeness (QED) is 0.631. The summed E-state index contributed by atoms with van der Waals surface area (Å²) < 4.78 is 0. The van der Waals surface area contributed by atoms with E-state index in [0.717, 1.165) is 22.0 Å². The van der Waals surface area contributed by atoms with Crippen LogP contribution in [0.4, 0.5) is 0 Å². The van der Waals surface area contributed by atoms with E-state index in [0.29, 0.717) is 0 Å². The van der Waals surface area contributed by atoms with Gasteiger partial charge in [0.05, 0.1) is 6.20 Å². The highest BCUT2D eigenvalue weighted by Crippen LogP contribution is 2.31. The van der Waals surface area contributed by atoms with Crippen molar-refractivity contribution in [3.05, 3.63) is 59.8 Å². The van der Waals surface area contributed by atoms with Gasteiger partial charge in [0.2, 0.25) is 0 Å². The molecular formula is C19H20N2. The molecule has 2 heteroatoms. The Morgan fingerprint density at radius 2 is 1.71 bits per heavy atom. The molecule has 0 fully saturated rings. The van der Waals surface area contributed by atoms with Crippen LogP contribution in [0.25, 0.3) is 22.0 Å². The van der Waals surface area contributed by atoms with Crippen LogP contribution >= 0.6 is 0 Å². The molecule has 1 heterocycles. The molecule has 0 N–H and O–H groups in total. The Kier molecular flexibility index (Phi) is 3.25. The monoisotopic (exact) mass is 276 g/mol. The van der Waals surface area contributed by atoms with Crippen molar-refractivity contribution in [3.8, 4) is 11.3 Å². The second-order valence-electron chi connectivity index (χ2n) is 6.62. The van der Waals surface area contributed by atoms with E-state index in [-0.39, 0.29) is 5.41 Å². The van der Waals surface area contributed by atoms with Crippen molar-refractivity contribution in [1.29, 1.82) is 0 Å². The molecule has 2 nitrogen and oxygen atoms in total. The van der Waals surface area contributed by atoms with Crippen molar-refractivity contribution >= 4 is 10.8 Å². The Morgan fingerprint density at radius 3 is 2.48 bits per heavy atom. The first kappa shape index (κ1) is 13.7. The molecule has 0 aliphatic heterocycles. The van der Waals surface area contributed by atoms with E-state index >= 15 is 0 Å². The van der Waals surface area contributed by atoms with Crippen molar-refractivity contribution in [2.45, 2.75) is 33.1 Å². The molecule has 0 radical (unpaired) electrons. The first-order valence-corrected chi connectivity index (χ1v) is 7.28. The van der Waals surface area contributed by atoms with Crippen molar-refractivity contribution < 1.29 is 0 Å². The van der Waals surface area contributed by atoms with E-state index in [2.05, 4.69) is 68.2 Å². The molecule has 2 aromatic carbocycles. The molecular weight excluding hydrogens is 256 g/mol. The second-order valence-corrected chi connectivity index (χ2v) is 6.62. The van der Waals surface area contributed by atoms with E-state index in [9.17, 15) is 0 Å². The van der Waals surface area contributed by atoms with Crippen LogP contribution in [0.5, 0.6) is 0 Å². The Hall–Kier alpha value is -2.22. The highest BCUT2D eigenvalue weighted by Gasteiger charge is 2.16. The predicted molar refractivity (Wildman–Crippen MR) is 88.4 cm³/mol. The fourth-order valence-electron chi connectivity index (χ4n) is 2.59. The van der Waals surface area contributed by atoms with Gasteiger partial charge in [-0.1, -0.05) is 56.7 Å². The minimum atomic E-state index is 0.124. The predicted octanol–water partition coefficient (Wildman–Crippen LogP) is 4.90. The van der Waals surface area contributed by atoms with Gasteiger partial charge in [0, 0.05) is 16.3 Å². The SMILES string of the molecule is Cc1cc(-c2nncc3ccccc23)cc(C(C)(C)C)c1. The van der Waals surface area contributed by atoms with Crippen LogP contribution < -0.4 is 0 Å². The van der Waals surface area contributed by atoms with Gasteiger partial charge in [-0.15, -0.1) is 5.10 Å². The molecule has 106 valence electrons. The van der Waals surface area contributed by atoms with Crippen molar-refractivity contribution in [2.24, 2.45) is 0 Å². The Morgan fingerprint density at radius 1 is 0.952 bits per heavy atom. The van der Waals surface area contributed by atoms with Crippen LogP contribution in [-0.4, -0.2) is 10.2 Å². The lowest BCUT2D eigenvalue weighted by atomic mass is 9.84. The van der Waals surface area contributed by atoms with Gasteiger partial charge in [0.15, 0.2) is 0 Å². The van der Waals surface area contributed by atoms with E-state index in [4.69, 9.17) is 0 Å². The minimum Gasteiger partial charge on any atom is -0.158 e. The molecule has 21 heavy (non-hydrogen) atoms. The van der Waals surface area contributed by atoms with Crippen molar-refractivity contribution in [3.63, 3.8) is 0 Å². The number of fused-ring (bicyclic) bond motifs is 1. The summed E-state index contributed by atoms with van der Waals surface area (Å²) >= 11 is 0. The summed E-state index contributed by atoms with van der Waals surface area (Å²) in [6, 6.07) is 14.9. The molecule has 0 bridgehead atoms. The summed E-state index contributed by atoms with van der Waals surface area (Å²) in [6.45, 7) is 8.85. The van der Waals surface area contributed by atoms with Gasteiger partial charge in [-0.3, -0.25) is 0 Å². The Balaban J connectivity index is 2.26. The van der Waals surface area contributed by atoms with Gasteiger partial charge in [-0.25, -0.2) is 0 Å². The van der Waals surface area contributed by atoms with Crippen LogP contribution in [0.2, 0.25) is 0 Å². The van der Waals surface area contributed by atoms with Crippen LogP contribution in [0.15, 0.2) is 48.7 Å². The topological polar surface area (TPSA) is 25.8 Å². The fourth-order valence-corrected chi connectivity index (χ4v) is 2.59. The lowest BCUT2D eigenvalue weighted by Crippen LogP contribution is -2.11. The van der Waals surface area contributed by atoms with E-state index in [1.807, 2.05) is 18.3 Å². The maximum absolute atomic E-state index is 4.39. The summed E-state index contributed by atoms with van der Waals surface area (Å²) in [5, 5.41) is 10.8. The second kappa shape index (κ2) is 4.96. The Labute approximate surface area is 125 Å². The normalized spacial score (nSPS) is 11.8. The number of aromatic nitrogens is 2. The number of hydrogen-bond donors (Lipinski definition) is 0. The van der Waals surface area contributed by atoms with E-state index < -0.39 is 0 Å².